The van der Waals surface area contributed by atoms with E-state index in [-0.39, 0.29) is 12.6 Å². The zero-order chi connectivity index (χ0) is 17.6. The van der Waals surface area contributed by atoms with Crippen molar-refractivity contribution in [3.05, 3.63) is 29.8 Å². The van der Waals surface area contributed by atoms with Gasteiger partial charge in [-0.1, -0.05) is 0 Å². The summed E-state index contributed by atoms with van der Waals surface area (Å²) in [5.74, 6) is -0.532. The van der Waals surface area contributed by atoms with Gasteiger partial charge in [-0.25, -0.2) is 9.59 Å². The molecule has 8 nitrogen and oxygen atoms in total. The van der Waals surface area contributed by atoms with Crippen molar-refractivity contribution in [1.82, 2.24) is 10.2 Å². The molecule has 1 N–H and O–H groups in total. The van der Waals surface area contributed by atoms with E-state index >= 15 is 0 Å². The van der Waals surface area contributed by atoms with Crippen LogP contribution in [0.2, 0.25) is 0 Å². The normalized spacial score (nSPS) is 19.6. The quantitative estimate of drug-likeness (QED) is 0.770. The minimum Gasteiger partial charge on any atom is -0.491 e. The lowest BCUT2D eigenvalue weighted by Gasteiger charge is -2.13. The standard InChI is InChI=1S/C17H20N2O6/c20-15(19-8-7-18-17(19)22)11-25-16(21)12-3-5-13(6-4-12)24-10-14-2-1-9-23-14/h3-6,14H,1-2,7-11H2,(H,18,22). The number of ether oxygens (including phenoxy) is 3. The maximum atomic E-state index is 12.0. The number of urea groups is 1. The van der Waals surface area contributed by atoms with Crippen molar-refractivity contribution in [2.75, 3.05) is 32.9 Å². The third kappa shape index (κ3) is 4.48. The van der Waals surface area contributed by atoms with Crippen LogP contribution in [0.25, 0.3) is 0 Å². The molecule has 3 amide bonds. The Hall–Kier alpha value is -2.61. The summed E-state index contributed by atoms with van der Waals surface area (Å²) in [7, 11) is 0. The summed E-state index contributed by atoms with van der Waals surface area (Å²) in [6.07, 6.45) is 2.17. The molecule has 2 fully saturated rings. The largest absolute Gasteiger partial charge is 0.491 e. The van der Waals surface area contributed by atoms with Gasteiger partial charge in [-0.3, -0.25) is 9.69 Å². The molecule has 2 heterocycles. The lowest BCUT2D eigenvalue weighted by Crippen LogP contribution is -2.37. The maximum absolute atomic E-state index is 12.0. The molecule has 0 radical (unpaired) electrons. The monoisotopic (exact) mass is 348 g/mol. The molecule has 0 bridgehead atoms. The number of rotatable bonds is 6. The minimum absolute atomic E-state index is 0.124. The molecule has 0 aromatic heterocycles. The van der Waals surface area contributed by atoms with Crippen molar-refractivity contribution in [1.29, 1.82) is 0 Å². The van der Waals surface area contributed by atoms with E-state index < -0.39 is 24.5 Å². The first-order valence-corrected chi connectivity index (χ1v) is 8.23. The molecule has 1 aromatic rings. The Labute approximate surface area is 145 Å². The number of imide groups is 1. The molecule has 1 aromatic carbocycles. The fourth-order valence-electron chi connectivity index (χ4n) is 2.65. The summed E-state index contributed by atoms with van der Waals surface area (Å²) in [4.78, 5) is 36.2. The van der Waals surface area contributed by atoms with Crippen LogP contribution in [-0.2, 0) is 14.3 Å². The highest BCUT2D eigenvalue weighted by atomic mass is 16.5. The predicted molar refractivity (Wildman–Crippen MR) is 86.3 cm³/mol. The number of nitrogens with one attached hydrogen (secondary N) is 1. The van der Waals surface area contributed by atoms with Crippen LogP contribution in [0.3, 0.4) is 0 Å². The van der Waals surface area contributed by atoms with E-state index in [1.165, 1.54) is 0 Å². The van der Waals surface area contributed by atoms with Gasteiger partial charge in [-0.2, -0.15) is 0 Å². The van der Waals surface area contributed by atoms with Gasteiger partial charge < -0.3 is 19.5 Å². The van der Waals surface area contributed by atoms with E-state index in [9.17, 15) is 14.4 Å². The summed E-state index contributed by atoms with van der Waals surface area (Å²) < 4.78 is 16.1. The molecule has 1 unspecified atom stereocenters. The van der Waals surface area contributed by atoms with Crippen molar-refractivity contribution in [2.45, 2.75) is 18.9 Å². The van der Waals surface area contributed by atoms with Gasteiger partial charge in [0.1, 0.15) is 12.4 Å². The van der Waals surface area contributed by atoms with Crippen LogP contribution in [0.1, 0.15) is 23.2 Å². The lowest BCUT2D eigenvalue weighted by molar-refractivity contribution is -0.130. The molecule has 3 rings (SSSR count). The molecule has 1 atom stereocenters. The van der Waals surface area contributed by atoms with Crippen LogP contribution in [0.15, 0.2) is 24.3 Å². The Morgan fingerprint density at radius 3 is 2.72 bits per heavy atom. The SMILES string of the molecule is O=C(OCC(=O)N1CCNC1=O)c1ccc(OCC2CCCO2)cc1. The van der Waals surface area contributed by atoms with Gasteiger partial charge in [-0.15, -0.1) is 0 Å². The van der Waals surface area contributed by atoms with Gasteiger partial charge in [0.15, 0.2) is 6.61 Å². The molecular weight excluding hydrogens is 328 g/mol. The van der Waals surface area contributed by atoms with E-state index in [2.05, 4.69) is 5.32 Å². The maximum Gasteiger partial charge on any atom is 0.338 e. The number of nitrogens with zero attached hydrogens (tertiary/aromatic N) is 1. The molecule has 2 saturated heterocycles. The topological polar surface area (TPSA) is 94.2 Å². The second-order valence-electron chi connectivity index (χ2n) is 5.82. The first-order chi connectivity index (χ1) is 12.1. The van der Waals surface area contributed by atoms with Crippen LogP contribution in [0.4, 0.5) is 4.79 Å². The highest BCUT2D eigenvalue weighted by Crippen LogP contribution is 2.17. The van der Waals surface area contributed by atoms with Crippen molar-refractivity contribution in [2.24, 2.45) is 0 Å². The number of hydrogen-bond acceptors (Lipinski definition) is 6. The first kappa shape index (κ1) is 17.2. The van der Waals surface area contributed by atoms with E-state index in [1.807, 2.05) is 0 Å². The minimum atomic E-state index is -0.626. The fraction of sp³-hybridized carbons (Fsp3) is 0.471. The Morgan fingerprint density at radius 2 is 2.08 bits per heavy atom. The molecule has 0 aliphatic carbocycles. The predicted octanol–water partition coefficient (Wildman–Crippen LogP) is 0.953. The van der Waals surface area contributed by atoms with E-state index in [1.54, 1.807) is 24.3 Å². The number of amides is 3. The van der Waals surface area contributed by atoms with Crippen LogP contribution < -0.4 is 10.1 Å². The Morgan fingerprint density at radius 1 is 1.28 bits per heavy atom. The Kier molecular flexibility index (Phi) is 5.49. The Balaban J connectivity index is 1.45. The molecular formula is C17H20N2O6. The summed E-state index contributed by atoms with van der Waals surface area (Å²) in [5, 5.41) is 2.51. The summed E-state index contributed by atoms with van der Waals surface area (Å²) in [5.41, 5.74) is 0.308. The zero-order valence-electron chi connectivity index (χ0n) is 13.7. The van der Waals surface area contributed by atoms with Crippen molar-refractivity contribution < 1.29 is 28.6 Å². The van der Waals surface area contributed by atoms with Crippen LogP contribution in [0.5, 0.6) is 5.75 Å². The van der Waals surface area contributed by atoms with Crippen molar-refractivity contribution in [3.8, 4) is 5.75 Å². The molecule has 2 aliphatic heterocycles. The van der Waals surface area contributed by atoms with Gasteiger partial charge in [0.2, 0.25) is 0 Å². The van der Waals surface area contributed by atoms with Crippen LogP contribution >= 0.6 is 0 Å². The zero-order valence-corrected chi connectivity index (χ0v) is 13.7. The smallest absolute Gasteiger partial charge is 0.338 e. The summed E-state index contributed by atoms with van der Waals surface area (Å²) in [6.45, 7) is 1.48. The number of carbonyl (C=O) groups is 3. The van der Waals surface area contributed by atoms with E-state index in [4.69, 9.17) is 14.2 Å². The average Bonchev–Trinajstić information content (AvgIpc) is 3.29. The number of benzene rings is 1. The van der Waals surface area contributed by atoms with E-state index in [0.717, 1.165) is 24.3 Å². The lowest BCUT2D eigenvalue weighted by atomic mass is 10.2. The fourth-order valence-corrected chi connectivity index (χ4v) is 2.65. The van der Waals surface area contributed by atoms with Crippen LogP contribution in [-0.4, -0.2) is 61.8 Å². The highest BCUT2D eigenvalue weighted by Gasteiger charge is 2.26. The summed E-state index contributed by atoms with van der Waals surface area (Å²) in [6, 6.07) is 6.01. The van der Waals surface area contributed by atoms with Gasteiger partial charge in [0.05, 0.1) is 11.7 Å². The number of esters is 1. The van der Waals surface area contributed by atoms with Gasteiger partial charge in [-0.05, 0) is 37.1 Å². The third-order valence-corrected chi connectivity index (χ3v) is 4.03. The molecule has 2 aliphatic rings. The summed E-state index contributed by atoms with van der Waals surface area (Å²) >= 11 is 0. The van der Waals surface area contributed by atoms with Crippen LogP contribution in [0, 0.1) is 0 Å². The van der Waals surface area contributed by atoms with Gasteiger partial charge in [0.25, 0.3) is 5.91 Å². The third-order valence-electron chi connectivity index (χ3n) is 4.03. The van der Waals surface area contributed by atoms with E-state index in [0.29, 0.717) is 24.5 Å². The molecule has 134 valence electrons. The molecule has 0 saturated carbocycles. The van der Waals surface area contributed by atoms with Gasteiger partial charge >= 0.3 is 12.0 Å². The second kappa shape index (κ2) is 7.98. The van der Waals surface area contributed by atoms with Gasteiger partial charge in [0, 0.05) is 19.7 Å². The van der Waals surface area contributed by atoms with Crippen molar-refractivity contribution in [3.63, 3.8) is 0 Å². The molecule has 0 spiro atoms. The highest BCUT2D eigenvalue weighted by molar-refractivity contribution is 5.98. The van der Waals surface area contributed by atoms with Crippen molar-refractivity contribution >= 4 is 17.9 Å². The number of hydrogen-bond donors (Lipinski definition) is 1. The molecule has 8 heteroatoms. The first-order valence-electron chi connectivity index (χ1n) is 8.23. The Bertz CT molecular complexity index is 639. The number of carbonyl (C=O) groups excluding carboxylic acids is 3. The second-order valence-corrected chi connectivity index (χ2v) is 5.82. The average molecular weight is 348 g/mol. The molecule has 25 heavy (non-hydrogen) atoms.